The van der Waals surface area contributed by atoms with Crippen LogP contribution in [-0.4, -0.2) is 39.9 Å². The fraction of sp³-hybridized carbons (Fsp3) is 0.500. The third-order valence-electron chi connectivity index (χ3n) is 5.58. The first-order chi connectivity index (χ1) is 14.3. The largest absolute Gasteiger partial charge is 0.494 e. The van der Waals surface area contributed by atoms with Crippen molar-refractivity contribution in [2.75, 3.05) is 20.2 Å². The quantitative estimate of drug-likeness (QED) is 0.343. The summed E-state index contributed by atoms with van der Waals surface area (Å²) in [5.74, 6) is 0.554. The lowest BCUT2D eigenvalue weighted by atomic mass is 10.2. The minimum absolute atomic E-state index is 0.0205. The molecule has 1 atom stereocenters. The lowest BCUT2D eigenvalue weighted by Gasteiger charge is -2.45. The summed E-state index contributed by atoms with van der Waals surface area (Å²) in [7, 11) is -0.753. The summed E-state index contributed by atoms with van der Waals surface area (Å²) in [4.78, 5) is 15.3. The lowest BCUT2D eigenvalue weighted by molar-refractivity contribution is -0.384. The van der Waals surface area contributed by atoms with Crippen molar-refractivity contribution in [1.82, 2.24) is 9.65 Å². The molecule has 1 aromatic heterocycles. The second-order valence-corrected chi connectivity index (χ2v) is 12.4. The maximum Gasteiger partial charge on any atom is 0.271 e. The molecule has 162 valence electrons. The number of nitrogens with zero attached hydrogens (tertiary/aromatic N) is 4. The smallest absolute Gasteiger partial charge is 0.271 e. The maximum absolute atomic E-state index is 11.4. The van der Waals surface area contributed by atoms with Gasteiger partial charge in [0.1, 0.15) is 11.4 Å². The van der Waals surface area contributed by atoms with Gasteiger partial charge in [0.25, 0.3) is 5.69 Å². The van der Waals surface area contributed by atoms with Crippen LogP contribution in [-0.2, 0) is 0 Å². The first kappa shape index (κ1) is 22.4. The van der Waals surface area contributed by atoms with Gasteiger partial charge >= 0.3 is 0 Å². The van der Waals surface area contributed by atoms with E-state index in [9.17, 15) is 10.1 Å². The fourth-order valence-corrected chi connectivity index (χ4v) is 8.54. The molecule has 0 aliphatic carbocycles. The van der Waals surface area contributed by atoms with Crippen LogP contribution in [0.4, 0.5) is 11.4 Å². The summed E-state index contributed by atoms with van der Waals surface area (Å²) in [5.41, 5.74) is 0.558. The van der Waals surface area contributed by atoms with Gasteiger partial charge in [-0.05, 0) is 31.0 Å². The van der Waals surface area contributed by atoms with E-state index in [-0.39, 0.29) is 15.8 Å². The molecule has 0 bridgehead atoms. The van der Waals surface area contributed by atoms with Crippen molar-refractivity contribution in [3.63, 3.8) is 0 Å². The molecule has 2 heterocycles. The van der Waals surface area contributed by atoms with E-state index >= 15 is 0 Å². The Morgan fingerprint density at radius 2 is 1.73 bits per heavy atom. The van der Waals surface area contributed by atoms with E-state index in [2.05, 4.69) is 42.6 Å². The zero-order valence-corrected chi connectivity index (χ0v) is 19.1. The zero-order valence-electron chi connectivity index (χ0n) is 18.2. The van der Waals surface area contributed by atoms with Gasteiger partial charge in [-0.3, -0.25) is 19.8 Å². The fourth-order valence-electron chi connectivity index (χ4n) is 4.17. The summed E-state index contributed by atoms with van der Waals surface area (Å²) in [5, 5.41) is 12.4. The van der Waals surface area contributed by atoms with Crippen LogP contribution >= 0.6 is 7.21 Å². The molecule has 0 unspecified atom stereocenters. The molecule has 30 heavy (non-hydrogen) atoms. The number of non-ortho nitro benzene ring substituents is 1. The van der Waals surface area contributed by atoms with Crippen LogP contribution in [0, 0.1) is 10.1 Å². The van der Waals surface area contributed by atoms with Gasteiger partial charge in [0.05, 0.1) is 19.2 Å². The third-order valence-corrected chi connectivity index (χ3v) is 10.2. The summed E-state index contributed by atoms with van der Waals surface area (Å²) in [6, 6.07) is 8.75. The van der Waals surface area contributed by atoms with Crippen molar-refractivity contribution in [2.45, 2.75) is 51.6 Å². The molecule has 8 heteroatoms. The first-order valence-corrected chi connectivity index (χ1v) is 12.1. The SMILES string of the molecule is COc1ccc([N+](=O)[O-])cc1N=[P@@](c1ccncc1)(N1CCCCCC1)C(C)(C)C. The molecule has 7 nitrogen and oxygen atoms in total. The molecule has 3 rings (SSSR count). The number of ether oxygens (including phenoxy) is 1. The van der Waals surface area contributed by atoms with E-state index in [0.29, 0.717) is 11.4 Å². The number of nitro groups is 1. The molecule has 1 fully saturated rings. The highest BCUT2D eigenvalue weighted by atomic mass is 31.2. The summed E-state index contributed by atoms with van der Waals surface area (Å²) >= 11 is 0. The molecule has 0 saturated carbocycles. The number of rotatable bonds is 5. The molecule has 2 aromatic rings. The van der Waals surface area contributed by atoms with E-state index in [4.69, 9.17) is 9.48 Å². The van der Waals surface area contributed by atoms with Crippen LogP contribution in [0.25, 0.3) is 0 Å². The average Bonchev–Trinajstić information content (AvgIpc) is 3.01. The van der Waals surface area contributed by atoms with Crippen LogP contribution in [0.15, 0.2) is 47.5 Å². The Kier molecular flexibility index (Phi) is 6.94. The maximum atomic E-state index is 11.4. The second kappa shape index (κ2) is 9.27. The predicted molar refractivity (Wildman–Crippen MR) is 122 cm³/mol. The van der Waals surface area contributed by atoms with Gasteiger partial charge in [0.15, 0.2) is 0 Å². The number of nitro benzene ring substituents is 1. The van der Waals surface area contributed by atoms with E-state index in [0.717, 1.165) is 31.2 Å². The molecule has 0 N–H and O–H groups in total. The van der Waals surface area contributed by atoms with Crippen molar-refractivity contribution in [3.05, 3.63) is 52.8 Å². The Morgan fingerprint density at radius 3 is 2.27 bits per heavy atom. The van der Waals surface area contributed by atoms with E-state index < -0.39 is 7.21 Å². The number of benzene rings is 1. The highest BCUT2D eigenvalue weighted by molar-refractivity contribution is 7.73. The molecular formula is C22H31N4O3P. The minimum atomic E-state index is -2.33. The predicted octanol–water partition coefficient (Wildman–Crippen LogP) is 5.75. The van der Waals surface area contributed by atoms with Gasteiger partial charge in [0.2, 0.25) is 0 Å². The Morgan fingerprint density at radius 1 is 1.10 bits per heavy atom. The van der Waals surface area contributed by atoms with Crippen molar-refractivity contribution in [3.8, 4) is 5.75 Å². The topological polar surface area (TPSA) is 80.9 Å². The minimum Gasteiger partial charge on any atom is -0.494 e. The number of aromatic nitrogens is 1. The number of pyridine rings is 1. The van der Waals surface area contributed by atoms with E-state index in [1.54, 1.807) is 19.2 Å². The summed E-state index contributed by atoms with van der Waals surface area (Å²) in [6.07, 6.45) is 8.32. The van der Waals surface area contributed by atoms with E-state index in [1.165, 1.54) is 18.9 Å². The van der Waals surface area contributed by atoms with Gasteiger partial charge in [-0.15, -0.1) is 0 Å². The van der Waals surface area contributed by atoms with E-state index in [1.807, 2.05) is 12.4 Å². The molecule has 1 aliphatic heterocycles. The molecule has 1 saturated heterocycles. The standard InChI is InChI=1S/C22H31N4O3P/c1-22(2,3)30(19-11-13-23-14-12-19,25-15-7-5-6-8-16-25)24-20-17-18(26(27)28)9-10-21(20)29-4/h9-14,17H,5-8,15-16H2,1-4H3/t30-/m0/s1. The third kappa shape index (κ3) is 4.42. The van der Waals surface area contributed by atoms with Crippen molar-refractivity contribution in [1.29, 1.82) is 0 Å². The van der Waals surface area contributed by atoms with Gasteiger partial charge in [-0.25, -0.2) is 4.74 Å². The lowest BCUT2D eigenvalue weighted by Crippen LogP contribution is -2.37. The summed E-state index contributed by atoms with van der Waals surface area (Å²) in [6.45, 7) is 8.60. The molecule has 1 aliphatic rings. The highest BCUT2D eigenvalue weighted by Crippen LogP contribution is 2.65. The van der Waals surface area contributed by atoms with Gasteiger partial charge < -0.3 is 4.74 Å². The Labute approximate surface area is 178 Å². The highest BCUT2D eigenvalue weighted by Gasteiger charge is 2.41. The van der Waals surface area contributed by atoms with Crippen molar-refractivity contribution >= 4 is 23.9 Å². The molecule has 0 spiro atoms. The zero-order chi connectivity index (χ0) is 21.8. The Balaban J connectivity index is 2.36. The van der Waals surface area contributed by atoms with Gasteiger partial charge in [-0.2, -0.15) is 0 Å². The molecular weight excluding hydrogens is 399 g/mol. The molecule has 0 radical (unpaired) electrons. The van der Waals surface area contributed by atoms with Crippen LogP contribution in [0.1, 0.15) is 46.5 Å². The van der Waals surface area contributed by atoms with Gasteiger partial charge in [0, 0.05) is 48.1 Å². The van der Waals surface area contributed by atoms with Crippen LogP contribution < -0.4 is 10.0 Å². The van der Waals surface area contributed by atoms with Gasteiger partial charge in [-0.1, -0.05) is 33.6 Å². The molecule has 1 aromatic carbocycles. The summed E-state index contributed by atoms with van der Waals surface area (Å²) < 4.78 is 13.5. The Bertz CT molecular complexity index is 933. The van der Waals surface area contributed by atoms with Crippen molar-refractivity contribution in [2.24, 2.45) is 4.74 Å². The monoisotopic (exact) mass is 430 g/mol. The average molecular weight is 430 g/mol. The number of hydrogen-bond acceptors (Lipinski definition) is 5. The van der Waals surface area contributed by atoms with Crippen LogP contribution in [0.2, 0.25) is 0 Å². The first-order valence-electron chi connectivity index (χ1n) is 10.4. The number of hydrogen-bond donors (Lipinski definition) is 0. The Hall–Kier alpha value is -2.24. The van der Waals surface area contributed by atoms with Crippen molar-refractivity contribution < 1.29 is 9.66 Å². The van der Waals surface area contributed by atoms with Crippen LogP contribution in [0.5, 0.6) is 5.75 Å². The molecule has 0 amide bonds. The van der Waals surface area contributed by atoms with Crippen LogP contribution in [0.3, 0.4) is 0 Å². The second-order valence-electron chi connectivity index (χ2n) is 8.56. The normalized spacial score (nSPS) is 17.6. The number of methoxy groups -OCH3 is 1.